The second-order valence-electron chi connectivity index (χ2n) is 4.27. The van der Waals surface area contributed by atoms with Crippen molar-refractivity contribution >= 4 is 11.7 Å². The molecule has 0 atom stereocenters. The Morgan fingerprint density at radius 2 is 1.67 bits per heavy atom. The first-order chi connectivity index (χ1) is 10.0. The number of nitriles is 1. The zero-order valence-corrected chi connectivity index (χ0v) is 11.1. The quantitative estimate of drug-likeness (QED) is 0.385. The second kappa shape index (κ2) is 5.75. The van der Waals surface area contributed by atoms with Gasteiger partial charge in [-0.05, 0) is 23.3 Å². The van der Waals surface area contributed by atoms with Gasteiger partial charge in [0.25, 0.3) is 6.26 Å². The molecule has 2 aromatic rings. The predicted molar refractivity (Wildman–Crippen MR) is 80.2 cm³/mol. The molecule has 0 bridgehead atoms. The minimum absolute atomic E-state index is 0.147. The average molecular weight is 279 g/mol. The molecule has 0 fully saturated rings. The molecule has 6 N–H and O–H groups in total. The van der Waals surface area contributed by atoms with Crippen molar-refractivity contribution in [3.05, 3.63) is 53.6 Å². The Morgan fingerprint density at radius 1 is 1.00 bits per heavy atom. The summed E-state index contributed by atoms with van der Waals surface area (Å²) in [4.78, 5) is 0. The van der Waals surface area contributed by atoms with Crippen molar-refractivity contribution in [1.29, 1.82) is 16.1 Å². The molecule has 2 rings (SSSR count). The summed E-state index contributed by atoms with van der Waals surface area (Å²) in [5.41, 5.74) is 13.5. The van der Waals surface area contributed by atoms with Crippen molar-refractivity contribution in [3.8, 4) is 23.1 Å². The van der Waals surface area contributed by atoms with Gasteiger partial charge >= 0.3 is 0 Å². The lowest BCUT2D eigenvalue weighted by Gasteiger charge is -2.13. The van der Waals surface area contributed by atoms with Gasteiger partial charge in [0.2, 0.25) is 0 Å². The molecule has 0 aliphatic rings. The van der Waals surface area contributed by atoms with Gasteiger partial charge in [-0.15, -0.1) is 5.26 Å². The summed E-state index contributed by atoms with van der Waals surface area (Å²) in [6.07, 6.45) is 1.60. The van der Waals surface area contributed by atoms with E-state index < -0.39 is 0 Å². The van der Waals surface area contributed by atoms with Crippen molar-refractivity contribution in [1.82, 2.24) is 0 Å². The SMILES string of the molecule is N#COc1ccc(-c2cccc(C(=N)N)c2C(=N)N)cc1. The molecule has 0 saturated heterocycles. The molecule has 0 saturated carbocycles. The lowest BCUT2D eigenvalue weighted by Crippen LogP contribution is -2.21. The van der Waals surface area contributed by atoms with E-state index >= 15 is 0 Å². The first-order valence-electron chi connectivity index (χ1n) is 6.02. The van der Waals surface area contributed by atoms with Gasteiger partial charge in [-0.2, -0.15) is 0 Å². The molecule has 21 heavy (non-hydrogen) atoms. The van der Waals surface area contributed by atoms with E-state index in [-0.39, 0.29) is 11.7 Å². The number of amidine groups is 2. The Hall–Kier alpha value is -3.33. The van der Waals surface area contributed by atoms with E-state index in [9.17, 15) is 0 Å². The third-order valence-corrected chi connectivity index (χ3v) is 2.95. The average Bonchev–Trinajstić information content (AvgIpc) is 2.47. The molecule has 0 aliphatic carbocycles. The van der Waals surface area contributed by atoms with E-state index in [0.29, 0.717) is 22.4 Å². The van der Waals surface area contributed by atoms with Crippen molar-refractivity contribution in [2.45, 2.75) is 0 Å². The molecule has 0 heterocycles. The molecule has 2 aromatic carbocycles. The highest BCUT2D eigenvalue weighted by Crippen LogP contribution is 2.27. The van der Waals surface area contributed by atoms with E-state index in [1.165, 1.54) is 0 Å². The maximum absolute atomic E-state index is 8.47. The summed E-state index contributed by atoms with van der Waals surface area (Å²) in [6.45, 7) is 0. The third kappa shape index (κ3) is 2.82. The Kier molecular flexibility index (Phi) is 3.86. The minimum Gasteiger partial charge on any atom is -0.388 e. The van der Waals surface area contributed by atoms with Gasteiger partial charge in [0.05, 0.1) is 0 Å². The smallest absolute Gasteiger partial charge is 0.292 e. The molecular weight excluding hydrogens is 266 g/mol. The van der Waals surface area contributed by atoms with Crippen LogP contribution in [0.4, 0.5) is 0 Å². The lowest BCUT2D eigenvalue weighted by molar-refractivity contribution is 0.507. The number of hydrogen-bond acceptors (Lipinski definition) is 4. The standard InChI is InChI=1S/C15H13N5O/c16-8-21-10-6-4-9(5-7-10)11-2-1-3-12(14(17)18)13(11)15(19)20/h1-7H,(H3,17,18)(H3,19,20). The van der Waals surface area contributed by atoms with E-state index in [4.69, 9.17) is 32.3 Å². The maximum atomic E-state index is 8.47. The van der Waals surface area contributed by atoms with Crippen LogP contribution in [0.2, 0.25) is 0 Å². The van der Waals surface area contributed by atoms with Crippen molar-refractivity contribution < 1.29 is 4.74 Å². The highest BCUT2D eigenvalue weighted by molar-refractivity contribution is 6.12. The Balaban J connectivity index is 2.58. The fraction of sp³-hybridized carbons (Fsp3) is 0. The number of ether oxygens (including phenoxy) is 1. The summed E-state index contributed by atoms with van der Waals surface area (Å²) >= 11 is 0. The van der Waals surface area contributed by atoms with Crippen LogP contribution in [0.3, 0.4) is 0 Å². The molecule has 0 aromatic heterocycles. The molecule has 6 heteroatoms. The summed E-state index contributed by atoms with van der Waals surface area (Å²) in [6, 6.07) is 12.0. The Labute approximate surface area is 121 Å². The Morgan fingerprint density at radius 3 is 2.19 bits per heavy atom. The molecule has 0 amide bonds. The number of rotatable bonds is 4. The molecule has 0 radical (unpaired) electrons. The van der Waals surface area contributed by atoms with Crippen LogP contribution in [-0.4, -0.2) is 11.7 Å². The lowest BCUT2D eigenvalue weighted by atomic mass is 9.94. The van der Waals surface area contributed by atoms with Crippen LogP contribution < -0.4 is 16.2 Å². The molecule has 0 aliphatic heterocycles. The van der Waals surface area contributed by atoms with E-state index in [2.05, 4.69) is 0 Å². The molecule has 0 spiro atoms. The molecule has 6 nitrogen and oxygen atoms in total. The molecule has 0 unspecified atom stereocenters. The number of benzene rings is 2. The van der Waals surface area contributed by atoms with Gasteiger partial charge in [-0.25, -0.2) is 0 Å². The first kappa shape index (κ1) is 14.1. The van der Waals surface area contributed by atoms with Gasteiger partial charge in [0.15, 0.2) is 0 Å². The van der Waals surface area contributed by atoms with Crippen LogP contribution in [0.5, 0.6) is 5.75 Å². The third-order valence-electron chi connectivity index (χ3n) is 2.95. The van der Waals surface area contributed by atoms with Crippen molar-refractivity contribution in [2.24, 2.45) is 11.5 Å². The van der Waals surface area contributed by atoms with Crippen LogP contribution in [0.25, 0.3) is 11.1 Å². The number of hydrogen-bond donors (Lipinski definition) is 4. The van der Waals surface area contributed by atoms with Gasteiger partial charge in [-0.3, -0.25) is 10.8 Å². The van der Waals surface area contributed by atoms with Crippen LogP contribution >= 0.6 is 0 Å². The van der Waals surface area contributed by atoms with E-state index in [1.807, 2.05) is 0 Å². The monoisotopic (exact) mass is 279 g/mol. The first-order valence-corrected chi connectivity index (χ1v) is 6.02. The normalized spacial score (nSPS) is 9.67. The minimum atomic E-state index is -0.159. The Bertz CT molecular complexity index is 744. The van der Waals surface area contributed by atoms with Crippen LogP contribution in [0, 0.1) is 22.3 Å². The summed E-state index contributed by atoms with van der Waals surface area (Å²) in [5, 5.41) is 23.8. The fourth-order valence-electron chi connectivity index (χ4n) is 2.06. The maximum Gasteiger partial charge on any atom is 0.292 e. The summed E-state index contributed by atoms with van der Waals surface area (Å²) < 4.78 is 4.72. The van der Waals surface area contributed by atoms with Crippen molar-refractivity contribution in [2.75, 3.05) is 0 Å². The van der Waals surface area contributed by atoms with Crippen LogP contribution in [-0.2, 0) is 0 Å². The fourth-order valence-corrected chi connectivity index (χ4v) is 2.06. The number of nitrogen functional groups attached to an aromatic ring is 2. The highest BCUT2D eigenvalue weighted by Gasteiger charge is 2.14. The van der Waals surface area contributed by atoms with Crippen LogP contribution in [0.15, 0.2) is 42.5 Å². The topological polar surface area (TPSA) is 133 Å². The number of nitrogens with one attached hydrogen (secondary N) is 2. The molecule has 104 valence electrons. The van der Waals surface area contributed by atoms with Gasteiger partial charge < -0.3 is 16.2 Å². The highest BCUT2D eigenvalue weighted by atomic mass is 16.5. The predicted octanol–water partition coefficient (Wildman–Crippen LogP) is 1.78. The van der Waals surface area contributed by atoms with Crippen molar-refractivity contribution in [3.63, 3.8) is 0 Å². The second-order valence-corrected chi connectivity index (χ2v) is 4.27. The summed E-state index contributed by atoms with van der Waals surface area (Å²) in [5.74, 6) is 0.119. The van der Waals surface area contributed by atoms with E-state index in [0.717, 1.165) is 5.56 Å². The zero-order chi connectivity index (χ0) is 15.4. The molecular formula is C15H13N5O. The van der Waals surface area contributed by atoms with Gasteiger partial charge in [0.1, 0.15) is 17.4 Å². The van der Waals surface area contributed by atoms with E-state index in [1.54, 1.807) is 48.7 Å². The van der Waals surface area contributed by atoms with Crippen LogP contribution in [0.1, 0.15) is 11.1 Å². The number of nitrogens with zero attached hydrogens (tertiary/aromatic N) is 1. The number of nitrogens with two attached hydrogens (primary N) is 2. The zero-order valence-electron chi connectivity index (χ0n) is 11.1. The summed E-state index contributed by atoms with van der Waals surface area (Å²) in [7, 11) is 0. The largest absolute Gasteiger partial charge is 0.388 e. The van der Waals surface area contributed by atoms with Gasteiger partial charge in [0, 0.05) is 11.1 Å². The van der Waals surface area contributed by atoms with Gasteiger partial charge in [-0.1, -0.05) is 30.3 Å².